The van der Waals surface area contributed by atoms with Crippen LogP contribution in [-0.4, -0.2) is 54.4 Å². The zero-order valence-corrected chi connectivity index (χ0v) is 24.0. The van der Waals surface area contributed by atoms with Crippen molar-refractivity contribution in [1.29, 1.82) is 0 Å². The van der Waals surface area contributed by atoms with Crippen molar-refractivity contribution in [2.24, 2.45) is 0 Å². The Balaban J connectivity index is 1.40. The molecule has 0 radical (unpaired) electrons. The average molecular weight is 620 g/mol. The summed E-state index contributed by atoms with van der Waals surface area (Å²) in [6.45, 7) is -0.356. The largest absolute Gasteiger partial charge is 0.497 e. The van der Waals surface area contributed by atoms with E-state index in [1.165, 1.54) is 17.0 Å². The fourth-order valence-electron chi connectivity index (χ4n) is 4.19. The molecule has 3 aromatic rings. The Morgan fingerprint density at radius 3 is 2.27 bits per heavy atom. The lowest BCUT2D eigenvalue weighted by molar-refractivity contribution is -0.162. The number of halogens is 3. The second kappa shape index (κ2) is 13.7. The zero-order valence-electron chi connectivity index (χ0n) is 21.8. The van der Waals surface area contributed by atoms with Gasteiger partial charge < -0.3 is 24.4 Å². The van der Waals surface area contributed by atoms with Crippen LogP contribution in [0.3, 0.4) is 0 Å². The van der Waals surface area contributed by atoms with Gasteiger partial charge in [-0.3, -0.25) is 19.2 Å². The van der Waals surface area contributed by atoms with E-state index in [2.05, 4.69) is 5.32 Å². The Hall–Kier alpha value is -3.79. The molecule has 0 bridgehead atoms. The van der Waals surface area contributed by atoms with Gasteiger partial charge in [-0.05, 0) is 42.3 Å². The number of rotatable bonds is 11. The first-order valence-corrected chi connectivity index (χ1v) is 13.6. The van der Waals surface area contributed by atoms with Crippen LogP contribution in [0.25, 0.3) is 0 Å². The van der Waals surface area contributed by atoms with Crippen molar-refractivity contribution < 1.29 is 33.4 Å². The molecular weight excluding hydrogens is 595 g/mol. The SMILES string of the molecule is COc1ccc(COC(=O)CN2C(=O)C(NC(=O)c3ccccc3)C2CCC(=O)Oc2cc(Cl)c(Cl)cc2Cl)cc1. The van der Waals surface area contributed by atoms with E-state index in [1.54, 1.807) is 61.7 Å². The molecule has 0 aliphatic carbocycles. The fraction of sp³-hybridized carbons (Fsp3) is 0.241. The number of ether oxygens (including phenoxy) is 3. The van der Waals surface area contributed by atoms with Gasteiger partial charge in [0.2, 0.25) is 5.91 Å². The number of β-lactam (4-membered cyclic amide) rings is 1. The normalized spacial score (nSPS) is 16.0. The molecule has 1 saturated heterocycles. The van der Waals surface area contributed by atoms with Crippen LogP contribution in [0.1, 0.15) is 28.8 Å². The van der Waals surface area contributed by atoms with Crippen molar-refractivity contribution in [3.8, 4) is 11.5 Å². The first kappa shape index (κ1) is 30.2. The molecule has 214 valence electrons. The summed E-state index contributed by atoms with van der Waals surface area (Å²) in [4.78, 5) is 52.2. The fourth-order valence-corrected chi connectivity index (χ4v) is 4.76. The lowest BCUT2D eigenvalue weighted by Crippen LogP contribution is -2.71. The van der Waals surface area contributed by atoms with Crippen molar-refractivity contribution in [3.63, 3.8) is 0 Å². The number of carbonyl (C=O) groups is 4. The van der Waals surface area contributed by atoms with Crippen LogP contribution in [0.15, 0.2) is 66.7 Å². The topological polar surface area (TPSA) is 111 Å². The number of amides is 2. The third-order valence-corrected chi connectivity index (χ3v) is 7.38. The van der Waals surface area contributed by atoms with Crippen molar-refractivity contribution >= 4 is 58.6 Å². The summed E-state index contributed by atoms with van der Waals surface area (Å²) in [6.07, 6.45) is -0.0569. The molecule has 12 heteroatoms. The molecule has 0 spiro atoms. The first-order chi connectivity index (χ1) is 19.7. The molecule has 2 unspecified atom stereocenters. The van der Waals surface area contributed by atoms with E-state index in [1.807, 2.05) is 0 Å². The standard InChI is InChI=1S/C29H25Cl3N2O7/c1-39-19-9-7-17(8-10-19)16-40-26(36)15-34-23(27(29(34)38)33-28(37)18-5-3-2-4-6-18)11-12-25(35)41-24-14-21(31)20(30)13-22(24)32/h2-10,13-14,23,27H,11-12,15-16H2,1H3,(H,33,37). The van der Waals surface area contributed by atoms with Crippen molar-refractivity contribution in [3.05, 3.63) is 92.9 Å². The number of nitrogens with one attached hydrogen (secondary N) is 1. The first-order valence-electron chi connectivity index (χ1n) is 12.5. The molecule has 2 atom stereocenters. The second-order valence-electron chi connectivity index (χ2n) is 9.07. The lowest BCUT2D eigenvalue weighted by Gasteiger charge is -2.46. The highest BCUT2D eigenvalue weighted by Gasteiger charge is 2.48. The summed E-state index contributed by atoms with van der Waals surface area (Å²) >= 11 is 18.0. The molecule has 3 aromatic carbocycles. The smallest absolute Gasteiger partial charge is 0.325 e. The van der Waals surface area contributed by atoms with Gasteiger partial charge in [0.15, 0.2) is 5.75 Å². The summed E-state index contributed by atoms with van der Waals surface area (Å²) in [5, 5.41) is 3.16. The third-order valence-electron chi connectivity index (χ3n) is 6.36. The second-order valence-corrected chi connectivity index (χ2v) is 10.3. The third kappa shape index (κ3) is 7.70. The molecule has 0 aromatic heterocycles. The van der Waals surface area contributed by atoms with E-state index < -0.39 is 35.8 Å². The van der Waals surface area contributed by atoms with Gasteiger partial charge in [-0.2, -0.15) is 0 Å². The van der Waals surface area contributed by atoms with E-state index in [4.69, 9.17) is 49.0 Å². The minimum Gasteiger partial charge on any atom is -0.497 e. The molecule has 4 rings (SSSR count). The van der Waals surface area contributed by atoms with E-state index >= 15 is 0 Å². The summed E-state index contributed by atoms with van der Waals surface area (Å²) in [6, 6.07) is 16.4. The molecule has 0 saturated carbocycles. The maximum Gasteiger partial charge on any atom is 0.325 e. The van der Waals surface area contributed by atoms with Crippen molar-refractivity contribution in [2.75, 3.05) is 13.7 Å². The molecule has 1 aliphatic heterocycles. The summed E-state index contributed by atoms with van der Waals surface area (Å²) in [7, 11) is 1.55. The van der Waals surface area contributed by atoms with E-state index in [9.17, 15) is 19.2 Å². The van der Waals surface area contributed by atoms with Crippen LogP contribution in [0.2, 0.25) is 15.1 Å². The molecule has 2 amide bonds. The van der Waals surface area contributed by atoms with Gasteiger partial charge in [0.1, 0.15) is 24.9 Å². The quantitative estimate of drug-likeness (QED) is 0.138. The lowest BCUT2D eigenvalue weighted by atomic mass is 9.90. The van der Waals surface area contributed by atoms with Gasteiger partial charge in [0.05, 0.1) is 28.2 Å². The van der Waals surface area contributed by atoms with E-state index in [0.717, 1.165) is 5.56 Å². The Bertz CT molecular complexity index is 1430. The summed E-state index contributed by atoms with van der Waals surface area (Å²) < 4.78 is 15.8. The highest BCUT2D eigenvalue weighted by atomic mass is 35.5. The Morgan fingerprint density at radius 1 is 0.902 bits per heavy atom. The highest BCUT2D eigenvalue weighted by molar-refractivity contribution is 6.43. The number of esters is 2. The van der Waals surface area contributed by atoms with Crippen LogP contribution < -0.4 is 14.8 Å². The maximum atomic E-state index is 13.0. The number of hydrogen-bond acceptors (Lipinski definition) is 7. The molecule has 1 N–H and O–H groups in total. The minimum atomic E-state index is -0.946. The number of benzene rings is 3. The van der Waals surface area contributed by atoms with Crippen LogP contribution in [0.5, 0.6) is 11.5 Å². The Kier molecular flexibility index (Phi) is 10.1. The number of hydrogen-bond donors (Lipinski definition) is 1. The highest BCUT2D eigenvalue weighted by Crippen LogP contribution is 2.34. The van der Waals surface area contributed by atoms with Gasteiger partial charge in [-0.1, -0.05) is 65.1 Å². The van der Waals surface area contributed by atoms with Crippen LogP contribution >= 0.6 is 34.8 Å². The summed E-state index contributed by atoms with van der Waals surface area (Å²) in [5.74, 6) is -1.53. The van der Waals surface area contributed by atoms with E-state index in [0.29, 0.717) is 11.3 Å². The molecule has 1 aliphatic rings. The summed E-state index contributed by atoms with van der Waals surface area (Å²) in [5.41, 5.74) is 1.10. The monoisotopic (exact) mass is 618 g/mol. The van der Waals surface area contributed by atoms with Gasteiger partial charge in [-0.15, -0.1) is 0 Å². The molecule has 1 fully saturated rings. The van der Waals surface area contributed by atoms with Gasteiger partial charge in [0, 0.05) is 18.1 Å². The van der Waals surface area contributed by atoms with Crippen LogP contribution in [0, 0.1) is 0 Å². The molecular formula is C29H25Cl3N2O7. The number of carbonyl (C=O) groups excluding carboxylic acids is 4. The van der Waals surface area contributed by atoms with Crippen molar-refractivity contribution in [1.82, 2.24) is 10.2 Å². The predicted molar refractivity (Wildman–Crippen MR) is 152 cm³/mol. The van der Waals surface area contributed by atoms with Gasteiger partial charge >= 0.3 is 11.9 Å². The Labute approximate surface area is 251 Å². The predicted octanol–water partition coefficient (Wildman–Crippen LogP) is 5.09. The van der Waals surface area contributed by atoms with Crippen LogP contribution in [-0.2, 0) is 25.7 Å². The molecule has 41 heavy (non-hydrogen) atoms. The maximum absolute atomic E-state index is 13.0. The van der Waals surface area contributed by atoms with Gasteiger partial charge in [0.25, 0.3) is 5.91 Å². The van der Waals surface area contributed by atoms with Gasteiger partial charge in [-0.25, -0.2) is 0 Å². The average Bonchev–Trinajstić information content (AvgIpc) is 2.98. The minimum absolute atomic E-state index is 0.000430. The number of nitrogens with zero attached hydrogens (tertiary/aromatic N) is 1. The van der Waals surface area contributed by atoms with Crippen molar-refractivity contribution in [2.45, 2.75) is 31.5 Å². The van der Waals surface area contributed by atoms with Crippen LogP contribution in [0.4, 0.5) is 0 Å². The Morgan fingerprint density at radius 2 is 1.59 bits per heavy atom. The molecule has 1 heterocycles. The molecule has 9 nitrogen and oxygen atoms in total. The number of methoxy groups -OCH3 is 1. The van der Waals surface area contributed by atoms with E-state index in [-0.39, 0.29) is 46.8 Å². The number of likely N-dealkylation sites (tertiary alicyclic amines) is 1. The zero-order chi connectivity index (χ0) is 29.5.